The first kappa shape index (κ1) is 14.0. The molecule has 1 aromatic heterocycles. The minimum Gasteiger partial charge on any atom is -0.344 e. The molecule has 0 N–H and O–H groups in total. The molecule has 100 valence electrons. The van der Waals surface area contributed by atoms with Gasteiger partial charge in [-0.2, -0.15) is 0 Å². The Morgan fingerprint density at radius 3 is 2.74 bits per heavy atom. The zero-order valence-corrected chi connectivity index (χ0v) is 12.2. The van der Waals surface area contributed by atoms with E-state index in [-0.39, 0.29) is 11.7 Å². The molecule has 2 rings (SSSR count). The molecule has 0 aliphatic heterocycles. The average Bonchev–Trinajstić information content (AvgIpc) is 2.94. The summed E-state index contributed by atoms with van der Waals surface area (Å²) in [6.07, 6.45) is 0. The van der Waals surface area contributed by atoms with E-state index in [2.05, 4.69) is 28.9 Å². The van der Waals surface area contributed by atoms with Gasteiger partial charge < -0.3 is 4.90 Å². The van der Waals surface area contributed by atoms with Crippen LogP contribution in [0.3, 0.4) is 0 Å². The van der Waals surface area contributed by atoms with Gasteiger partial charge in [0.1, 0.15) is 5.69 Å². The predicted molar refractivity (Wildman–Crippen MR) is 80.3 cm³/mol. The largest absolute Gasteiger partial charge is 0.344 e. The van der Waals surface area contributed by atoms with Gasteiger partial charge in [-0.3, -0.25) is 4.79 Å². The number of rotatable bonds is 6. The van der Waals surface area contributed by atoms with Crippen molar-refractivity contribution >= 4 is 33.9 Å². The van der Waals surface area contributed by atoms with E-state index in [1.165, 1.54) is 16.9 Å². The summed E-state index contributed by atoms with van der Waals surface area (Å²) in [6.45, 7) is 3.71. The topological polar surface area (TPSA) is 33.2 Å². The Morgan fingerprint density at radius 1 is 1.37 bits per heavy atom. The van der Waals surface area contributed by atoms with Gasteiger partial charge in [0.15, 0.2) is 10.9 Å². The Bertz CT molecular complexity index is 541. The van der Waals surface area contributed by atoms with Gasteiger partial charge in [0, 0.05) is 18.5 Å². The monoisotopic (exact) mass is 294 g/mol. The second kappa shape index (κ2) is 6.68. The van der Waals surface area contributed by atoms with Crippen LogP contribution in [0.4, 0.5) is 5.13 Å². The van der Waals surface area contributed by atoms with Crippen LogP contribution in [0, 0.1) is 0 Å². The van der Waals surface area contributed by atoms with Gasteiger partial charge in [-0.1, -0.05) is 30.3 Å². The smallest absolute Gasteiger partial charge is 0.196 e. The number of ketones is 1. The van der Waals surface area contributed by atoms with E-state index in [4.69, 9.17) is 11.6 Å². The van der Waals surface area contributed by atoms with E-state index in [0.29, 0.717) is 5.69 Å². The number of carbonyl (C=O) groups excluding carboxylic acids is 1. The van der Waals surface area contributed by atoms with Gasteiger partial charge in [0.05, 0.1) is 5.88 Å². The number of nitrogens with zero attached hydrogens (tertiary/aromatic N) is 2. The molecule has 0 amide bonds. The molecule has 0 atom stereocenters. The molecule has 5 heteroatoms. The lowest BCUT2D eigenvalue weighted by Gasteiger charge is -2.19. The molecular weight excluding hydrogens is 280 g/mol. The van der Waals surface area contributed by atoms with Gasteiger partial charge in [-0.05, 0) is 12.5 Å². The summed E-state index contributed by atoms with van der Waals surface area (Å²) >= 11 is 7.02. The van der Waals surface area contributed by atoms with Gasteiger partial charge >= 0.3 is 0 Å². The van der Waals surface area contributed by atoms with Crippen molar-refractivity contribution in [2.75, 3.05) is 17.3 Å². The van der Waals surface area contributed by atoms with Gasteiger partial charge in [0.25, 0.3) is 0 Å². The molecular formula is C14H15ClN2OS. The standard InChI is InChI=1S/C14H15ClN2OS/c1-2-17(9-11-6-4-3-5-7-11)14-16-12(10-19-14)13(18)8-15/h3-7,10H,2,8-9H2,1H3. The number of alkyl halides is 1. The molecule has 0 saturated heterocycles. The SMILES string of the molecule is CCN(Cc1ccccc1)c1nc(C(=O)CCl)cs1. The first-order valence-corrected chi connectivity index (χ1v) is 7.49. The van der Waals surface area contributed by atoms with E-state index in [9.17, 15) is 4.79 Å². The number of carbonyl (C=O) groups is 1. The Morgan fingerprint density at radius 2 is 2.11 bits per heavy atom. The van der Waals surface area contributed by atoms with Crippen LogP contribution in [0.5, 0.6) is 0 Å². The number of thiazole rings is 1. The normalized spacial score (nSPS) is 10.4. The third-order valence-corrected chi connectivity index (χ3v) is 3.91. The van der Waals surface area contributed by atoms with E-state index < -0.39 is 0 Å². The summed E-state index contributed by atoms with van der Waals surface area (Å²) < 4.78 is 0. The van der Waals surface area contributed by atoms with Crippen LogP contribution in [0.25, 0.3) is 0 Å². The molecule has 2 aromatic rings. The maximum atomic E-state index is 11.5. The summed E-state index contributed by atoms with van der Waals surface area (Å²) in [5.74, 6) is -0.145. The quantitative estimate of drug-likeness (QED) is 0.603. The summed E-state index contributed by atoms with van der Waals surface area (Å²) in [5, 5.41) is 2.63. The molecule has 0 aliphatic rings. The molecule has 0 aliphatic carbocycles. The van der Waals surface area contributed by atoms with Crippen LogP contribution >= 0.6 is 22.9 Å². The van der Waals surface area contributed by atoms with Crippen molar-refractivity contribution in [3.63, 3.8) is 0 Å². The molecule has 1 aromatic carbocycles. The molecule has 1 heterocycles. The highest BCUT2D eigenvalue weighted by Crippen LogP contribution is 2.22. The lowest BCUT2D eigenvalue weighted by atomic mass is 10.2. The molecule has 0 fully saturated rings. The fraction of sp³-hybridized carbons (Fsp3) is 0.286. The first-order chi connectivity index (χ1) is 9.24. The molecule has 19 heavy (non-hydrogen) atoms. The number of hydrogen-bond acceptors (Lipinski definition) is 4. The number of hydrogen-bond donors (Lipinski definition) is 0. The number of Topliss-reactive ketones (excluding diaryl/α,β-unsaturated/α-hetero) is 1. The molecule has 0 unspecified atom stereocenters. The number of anilines is 1. The molecule has 0 radical (unpaired) electrons. The fourth-order valence-electron chi connectivity index (χ4n) is 1.72. The average molecular weight is 295 g/mol. The second-order valence-electron chi connectivity index (χ2n) is 4.07. The lowest BCUT2D eigenvalue weighted by molar-refractivity contribution is 0.101. The van der Waals surface area contributed by atoms with Crippen molar-refractivity contribution in [2.24, 2.45) is 0 Å². The van der Waals surface area contributed by atoms with Crippen molar-refractivity contribution in [3.05, 3.63) is 47.0 Å². The van der Waals surface area contributed by atoms with Crippen molar-refractivity contribution in [2.45, 2.75) is 13.5 Å². The minimum atomic E-state index is -0.125. The Labute approximate surface area is 121 Å². The van der Waals surface area contributed by atoms with Crippen molar-refractivity contribution in [3.8, 4) is 0 Å². The van der Waals surface area contributed by atoms with Crippen molar-refractivity contribution in [1.29, 1.82) is 0 Å². The van der Waals surface area contributed by atoms with Gasteiger partial charge in [-0.15, -0.1) is 22.9 Å². The van der Waals surface area contributed by atoms with E-state index >= 15 is 0 Å². The van der Waals surface area contributed by atoms with Gasteiger partial charge in [-0.25, -0.2) is 4.98 Å². The zero-order chi connectivity index (χ0) is 13.7. The summed E-state index contributed by atoms with van der Waals surface area (Å²) in [6, 6.07) is 10.2. The van der Waals surface area contributed by atoms with E-state index in [1.54, 1.807) is 5.38 Å². The molecule has 0 spiro atoms. The first-order valence-electron chi connectivity index (χ1n) is 6.08. The zero-order valence-electron chi connectivity index (χ0n) is 10.7. The number of halogens is 1. The third kappa shape index (κ3) is 3.55. The number of aromatic nitrogens is 1. The van der Waals surface area contributed by atoms with E-state index in [0.717, 1.165) is 18.2 Å². The van der Waals surface area contributed by atoms with Crippen molar-refractivity contribution in [1.82, 2.24) is 4.98 Å². The Balaban J connectivity index is 2.13. The van der Waals surface area contributed by atoms with Crippen LogP contribution in [0.2, 0.25) is 0 Å². The Kier molecular flexibility index (Phi) is 4.93. The van der Waals surface area contributed by atoms with Crippen LogP contribution in [-0.4, -0.2) is 23.2 Å². The van der Waals surface area contributed by atoms with Gasteiger partial charge in [0.2, 0.25) is 0 Å². The highest BCUT2D eigenvalue weighted by Gasteiger charge is 2.13. The van der Waals surface area contributed by atoms with Crippen LogP contribution in [0.1, 0.15) is 23.0 Å². The Hall–Kier alpha value is -1.39. The van der Waals surface area contributed by atoms with E-state index in [1.807, 2.05) is 18.2 Å². The maximum Gasteiger partial charge on any atom is 0.196 e. The van der Waals surface area contributed by atoms with Crippen LogP contribution < -0.4 is 4.90 Å². The predicted octanol–water partition coefficient (Wildman–Crippen LogP) is 3.59. The van der Waals surface area contributed by atoms with Crippen molar-refractivity contribution < 1.29 is 4.79 Å². The number of benzene rings is 1. The lowest BCUT2D eigenvalue weighted by Crippen LogP contribution is -2.22. The third-order valence-electron chi connectivity index (χ3n) is 2.77. The summed E-state index contributed by atoms with van der Waals surface area (Å²) in [5.41, 5.74) is 1.69. The highest BCUT2D eigenvalue weighted by atomic mass is 35.5. The van der Waals surface area contributed by atoms with Crippen LogP contribution in [-0.2, 0) is 6.54 Å². The maximum absolute atomic E-state index is 11.5. The molecule has 3 nitrogen and oxygen atoms in total. The summed E-state index contributed by atoms with van der Waals surface area (Å²) in [7, 11) is 0. The van der Waals surface area contributed by atoms with Crippen LogP contribution in [0.15, 0.2) is 35.7 Å². The highest BCUT2D eigenvalue weighted by molar-refractivity contribution is 7.13. The fourth-order valence-corrected chi connectivity index (χ4v) is 2.76. The minimum absolute atomic E-state index is 0.0199. The molecule has 0 saturated carbocycles. The molecule has 0 bridgehead atoms. The summed E-state index contributed by atoms with van der Waals surface area (Å²) in [4.78, 5) is 18.0. The second-order valence-corrected chi connectivity index (χ2v) is 5.18.